The molecule has 1 heteroatoms. The summed E-state index contributed by atoms with van der Waals surface area (Å²) in [5, 5.41) is 0. The average Bonchev–Trinajstić information content (AvgIpc) is 2.99. The Kier molecular flexibility index (Phi) is 2.49. The fourth-order valence-electron chi connectivity index (χ4n) is 1.98. The van der Waals surface area contributed by atoms with E-state index in [0.29, 0.717) is 5.92 Å². The molecule has 1 saturated carbocycles. The molecule has 0 heterocycles. The van der Waals surface area contributed by atoms with Crippen LogP contribution in [0.15, 0.2) is 18.2 Å². The highest BCUT2D eigenvalue weighted by molar-refractivity contribution is 5.46. The number of rotatable bonds is 3. The lowest BCUT2D eigenvalue weighted by Gasteiger charge is -2.15. The standard InChI is InChI=1S/C13H18O/c1-9(2)11-5-4-6-12(10-7-8-10)13(11)14-3/h4-6,9-10H,7-8H2,1-3H3. The first-order chi connectivity index (χ1) is 6.74. The summed E-state index contributed by atoms with van der Waals surface area (Å²) in [5.74, 6) is 2.44. The van der Waals surface area contributed by atoms with E-state index in [1.54, 1.807) is 7.11 Å². The Bertz CT molecular complexity index is 304. The third-order valence-electron chi connectivity index (χ3n) is 2.92. The van der Waals surface area contributed by atoms with E-state index in [1.165, 1.54) is 24.0 Å². The molecular formula is C13H18O. The van der Waals surface area contributed by atoms with Crippen LogP contribution in [0.2, 0.25) is 0 Å². The van der Waals surface area contributed by atoms with Gasteiger partial charge in [-0.15, -0.1) is 0 Å². The molecule has 2 rings (SSSR count). The van der Waals surface area contributed by atoms with Crippen LogP contribution in [-0.2, 0) is 0 Å². The zero-order chi connectivity index (χ0) is 10.1. The first-order valence-corrected chi connectivity index (χ1v) is 5.40. The van der Waals surface area contributed by atoms with Gasteiger partial charge in [0.1, 0.15) is 5.75 Å². The molecule has 1 aromatic carbocycles. The van der Waals surface area contributed by atoms with E-state index < -0.39 is 0 Å². The Labute approximate surface area is 86.1 Å². The van der Waals surface area contributed by atoms with E-state index in [-0.39, 0.29) is 0 Å². The molecule has 1 aliphatic rings. The number of ether oxygens (including phenoxy) is 1. The van der Waals surface area contributed by atoms with E-state index in [2.05, 4.69) is 32.0 Å². The van der Waals surface area contributed by atoms with E-state index in [1.807, 2.05) is 0 Å². The van der Waals surface area contributed by atoms with Gasteiger partial charge in [-0.25, -0.2) is 0 Å². The van der Waals surface area contributed by atoms with Crippen LogP contribution in [0, 0.1) is 0 Å². The van der Waals surface area contributed by atoms with Gasteiger partial charge in [0, 0.05) is 0 Å². The van der Waals surface area contributed by atoms with E-state index >= 15 is 0 Å². The molecule has 0 aliphatic heterocycles. The zero-order valence-corrected chi connectivity index (χ0v) is 9.21. The summed E-state index contributed by atoms with van der Waals surface area (Å²) in [4.78, 5) is 0. The van der Waals surface area contributed by atoms with Crippen molar-refractivity contribution in [1.82, 2.24) is 0 Å². The second-order valence-electron chi connectivity index (χ2n) is 4.40. The molecule has 1 aromatic rings. The summed E-state index contributed by atoms with van der Waals surface area (Å²) in [5.41, 5.74) is 2.76. The molecule has 1 nitrogen and oxygen atoms in total. The number of para-hydroxylation sites is 1. The van der Waals surface area contributed by atoms with Crippen LogP contribution in [-0.4, -0.2) is 7.11 Å². The predicted octanol–water partition coefficient (Wildman–Crippen LogP) is 3.70. The minimum atomic E-state index is 0.545. The molecule has 76 valence electrons. The van der Waals surface area contributed by atoms with Gasteiger partial charge in [-0.05, 0) is 35.8 Å². The highest BCUT2D eigenvalue weighted by Crippen LogP contribution is 2.46. The van der Waals surface area contributed by atoms with Crippen molar-refractivity contribution in [3.63, 3.8) is 0 Å². The molecular weight excluding hydrogens is 172 g/mol. The minimum absolute atomic E-state index is 0.545. The number of benzene rings is 1. The van der Waals surface area contributed by atoms with E-state index in [9.17, 15) is 0 Å². The van der Waals surface area contributed by atoms with Gasteiger partial charge in [-0.3, -0.25) is 0 Å². The lowest BCUT2D eigenvalue weighted by molar-refractivity contribution is 0.402. The SMILES string of the molecule is COc1c(C(C)C)cccc1C1CC1. The second kappa shape index (κ2) is 3.64. The summed E-state index contributed by atoms with van der Waals surface area (Å²) in [6.45, 7) is 4.43. The monoisotopic (exact) mass is 190 g/mol. The number of methoxy groups -OCH3 is 1. The zero-order valence-electron chi connectivity index (χ0n) is 9.21. The summed E-state index contributed by atoms with van der Waals surface area (Å²) >= 11 is 0. The van der Waals surface area contributed by atoms with Crippen LogP contribution < -0.4 is 4.74 Å². The Morgan fingerprint density at radius 1 is 1.29 bits per heavy atom. The predicted molar refractivity (Wildman–Crippen MR) is 59.1 cm³/mol. The molecule has 1 aliphatic carbocycles. The van der Waals surface area contributed by atoms with Crippen molar-refractivity contribution in [2.75, 3.05) is 7.11 Å². The maximum absolute atomic E-state index is 5.54. The van der Waals surface area contributed by atoms with Crippen LogP contribution >= 0.6 is 0 Å². The van der Waals surface area contributed by atoms with Crippen molar-refractivity contribution in [2.24, 2.45) is 0 Å². The van der Waals surface area contributed by atoms with Gasteiger partial charge < -0.3 is 4.74 Å². The van der Waals surface area contributed by atoms with Crippen LogP contribution in [0.5, 0.6) is 5.75 Å². The molecule has 0 aromatic heterocycles. The van der Waals surface area contributed by atoms with Crippen LogP contribution in [0.3, 0.4) is 0 Å². The van der Waals surface area contributed by atoms with Crippen LogP contribution in [0.4, 0.5) is 0 Å². The van der Waals surface area contributed by atoms with Gasteiger partial charge in [0.05, 0.1) is 7.11 Å². The summed E-state index contributed by atoms with van der Waals surface area (Å²) < 4.78 is 5.54. The summed E-state index contributed by atoms with van der Waals surface area (Å²) in [7, 11) is 1.78. The highest BCUT2D eigenvalue weighted by Gasteiger charge is 2.27. The molecule has 0 bridgehead atoms. The lowest BCUT2D eigenvalue weighted by atomic mass is 9.97. The molecule has 1 fully saturated rings. The normalized spacial score (nSPS) is 16.0. The van der Waals surface area contributed by atoms with Crippen molar-refractivity contribution in [3.8, 4) is 5.75 Å². The van der Waals surface area contributed by atoms with Gasteiger partial charge in [0.25, 0.3) is 0 Å². The smallest absolute Gasteiger partial charge is 0.125 e. The molecule has 0 spiro atoms. The van der Waals surface area contributed by atoms with Gasteiger partial charge in [0.2, 0.25) is 0 Å². The first-order valence-electron chi connectivity index (χ1n) is 5.40. The molecule has 0 amide bonds. The van der Waals surface area contributed by atoms with Crippen molar-refractivity contribution >= 4 is 0 Å². The first kappa shape index (κ1) is 9.57. The van der Waals surface area contributed by atoms with Gasteiger partial charge in [-0.2, -0.15) is 0 Å². The summed E-state index contributed by atoms with van der Waals surface area (Å²) in [6, 6.07) is 6.54. The Morgan fingerprint density at radius 3 is 2.50 bits per heavy atom. The van der Waals surface area contributed by atoms with Gasteiger partial charge in [0.15, 0.2) is 0 Å². The average molecular weight is 190 g/mol. The quantitative estimate of drug-likeness (QED) is 0.706. The fraction of sp³-hybridized carbons (Fsp3) is 0.538. The molecule has 0 N–H and O–H groups in total. The Hall–Kier alpha value is -0.980. The van der Waals surface area contributed by atoms with Crippen molar-refractivity contribution in [1.29, 1.82) is 0 Å². The molecule has 0 radical (unpaired) electrons. The molecule has 0 atom stereocenters. The summed E-state index contributed by atoms with van der Waals surface area (Å²) in [6.07, 6.45) is 2.66. The van der Waals surface area contributed by atoms with Crippen molar-refractivity contribution < 1.29 is 4.74 Å². The largest absolute Gasteiger partial charge is 0.496 e. The highest BCUT2D eigenvalue weighted by atomic mass is 16.5. The van der Waals surface area contributed by atoms with E-state index in [4.69, 9.17) is 4.74 Å². The lowest BCUT2D eigenvalue weighted by Crippen LogP contribution is -1.97. The fourth-order valence-corrected chi connectivity index (χ4v) is 1.98. The van der Waals surface area contributed by atoms with Crippen LogP contribution in [0.25, 0.3) is 0 Å². The minimum Gasteiger partial charge on any atom is -0.496 e. The maximum atomic E-state index is 5.54. The van der Waals surface area contributed by atoms with Gasteiger partial charge >= 0.3 is 0 Å². The third-order valence-corrected chi connectivity index (χ3v) is 2.92. The topological polar surface area (TPSA) is 9.23 Å². The van der Waals surface area contributed by atoms with E-state index in [0.717, 1.165) is 11.7 Å². The Morgan fingerprint density at radius 2 is 2.00 bits per heavy atom. The molecule has 0 saturated heterocycles. The third kappa shape index (κ3) is 1.63. The van der Waals surface area contributed by atoms with Crippen molar-refractivity contribution in [3.05, 3.63) is 29.3 Å². The molecule has 0 unspecified atom stereocenters. The molecule has 14 heavy (non-hydrogen) atoms. The maximum Gasteiger partial charge on any atom is 0.125 e. The number of hydrogen-bond donors (Lipinski definition) is 0. The van der Waals surface area contributed by atoms with Crippen molar-refractivity contribution in [2.45, 2.75) is 38.5 Å². The van der Waals surface area contributed by atoms with Gasteiger partial charge in [-0.1, -0.05) is 32.0 Å². The van der Waals surface area contributed by atoms with Crippen LogP contribution in [0.1, 0.15) is 49.7 Å². The Balaban J connectivity index is 2.44. The second-order valence-corrected chi connectivity index (χ2v) is 4.40. The number of hydrogen-bond acceptors (Lipinski definition) is 1.